The Hall–Kier alpha value is -3.27. The fourth-order valence-corrected chi connectivity index (χ4v) is 5.34. The van der Waals surface area contributed by atoms with Crippen LogP contribution in [-0.2, 0) is 18.1 Å². The summed E-state index contributed by atoms with van der Waals surface area (Å²) < 4.78 is 44.1. The summed E-state index contributed by atoms with van der Waals surface area (Å²) in [7, 11) is 0. The molecule has 1 saturated carbocycles. The van der Waals surface area contributed by atoms with E-state index in [1.165, 1.54) is 6.07 Å². The smallest absolute Gasteiger partial charge is 0.433 e. The fraction of sp³-hybridized carbons (Fsp3) is 0.346. The van der Waals surface area contributed by atoms with Gasteiger partial charge in [-0.05, 0) is 55.0 Å². The lowest BCUT2D eigenvalue weighted by atomic mass is 9.84. The minimum absolute atomic E-state index is 0.163. The summed E-state index contributed by atoms with van der Waals surface area (Å²) in [5.74, 6) is 0.425. The first-order chi connectivity index (χ1) is 17.3. The van der Waals surface area contributed by atoms with Crippen molar-refractivity contribution in [1.82, 2.24) is 15.3 Å². The number of urea groups is 1. The van der Waals surface area contributed by atoms with Crippen LogP contribution in [0, 0.1) is 0 Å². The van der Waals surface area contributed by atoms with E-state index in [1.807, 2.05) is 30.5 Å². The highest BCUT2D eigenvalue weighted by Gasteiger charge is 2.48. The Labute approximate surface area is 211 Å². The number of amides is 2. The number of nitrogens with one attached hydrogen (secondary N) is 1. The Morgan fingerprint density at radius 3 is 2.50 bits per heavy atom. The first-order valence-corrected chi connectivity index (χ1v) is 12.9. The zero-order chi connectivity index (χ0) is 25.3. The molecule has 3 aromatic rings. The van der Waals surface area contributed by atoms with Gasteiger partial charge in [-0.3, -0.25) is 4.90 Å². The Balaban J connectivity index is 1.34. The van der Waals surface area contributed by atoms with Gasteiger partial charge in [0.2, 0.25) is 5.88 Å². The lowest BCUT2D eigenvalue weighted by Gasteiger charge is -2.24. The van der Waals surface area contributed by atoms with Gasteiger partial charge in [-0.15, -0.1) is 11.8 Å². The van der Waals surface area contributed by atoms with E-state index in [0.29, 0.717) is 13.1 Å². The number of carbonyl (C=O) groups excluding carboxylic acids is 1. The molecule has 1 fully saturated rings. The van der Waals surface area contributed by atoms with Crippen LogP contribution in [0.5, 0.6) is 11.6 Å². The van der Waals surface area contributed by atoms with Crippen LogP contribution in [0.3, 0.4) is 0 Å². The zero-order valence-corrected chi connectivity index (χ0v) is 20.5. The Morgan fingerprint density at radius 1 is 1.11 bits per heavy atom. The Morgan fingerprint density at radius 2 is 1.86 bits per heavy atom. The second-order valence-electron chi connectivity index (χ2n) is 9.08. The first kappa shape index (κ1) is 24.4. The van der Waals surface area contributed by atoms with Gasteiger partial charge in [0, 0.05) is 29.5 Å². The molecule has 1 N–H and O–H groups in total. The van der Waals surface area contributed by atoms with Crippen LogP contribution in [0.4, 0.5) is 23.7 Å². The molecule has 0 saturated heterocycles. The van der Waals surface area contributed by atoms with E-state index in [1.54, 1.807) is 28.8 Å². The molecule has 1 aliphatic heterocycles. The number of rotatable bonds is 5. The van der Waals surface area contributed by atoms with E-state index in [2.05, 4.69) is 10.3 Å². The van der Waals surface area contributed by atoms with Crippen LogP contribution in [0.2, 0.25) is 0 Å². The van der Waals surface area contributed by atoms with Crippen LogP contribution in [-0.4, -0.2) is 28.8 Å². The van der Waals surface area contributed by atoms with Crippen molar-refractivity contribution in [3.8, 4) is 11.6 Å². The topological polar surface area (TPSA) is 67.4 Å². The van der Waals surface area contributed by atoms with E-state index in [4.69, 9.17) is 9.72 Å². The summed E-state index contributed by atoms with van der Waals surface area (Å²) in [6, 6.07) is 13.4. The van der Waals surface area contributed by atoms with Gasteiger partial charge in [-0.25, -0.2) is 14.8 Å². The number of carbonyl (C=O) groups is 1. The molecule has 10 heteroatoms. The van der Waals surface area contributed by atoms with Crippen LogP contribution in [0.15, 0.2) is 59.6 Å². The average molecular weight is 515 g/mol. The van der Waals surface area contributed by atoms with Crippen LogP contribution < -0.4 is 15.0 Å². The predicted molar refractivity (Wildman–Crippen MR) is 132 cm³/mol. The van der Waals surface area contributed by atoms with Gasteiger partial charge in [0.15, 0.2) is 0 Å². The molecule has 188 valence electrons. The molecule has 0 bridgehead atoms. The molecule has 0 unspecified atom stereocenters. The van der Waals surface area contributed by atoms with Gasteiger partial charge in [-0.1, -0.05) is 25.0 Å². The maximum Gasteiger partial charge on any atom is 0.433 e. The number of fused-ring (bicyclic) bond motifs is 2. The molecule has 6 nitrogen and oxygen atoms in total. The van der Waals surface area contributed by atoms with Crippen molar-refractivity contribution in [3.05, 3.63) is 71.7 Å². The maximum atomic E-state index is 13.2. The minimum Gasteiger partial charge on any atom is -0.437 e. The van der Waals surface area contributed by atoms with Crippen LogP contribution in [0.1, 0.15) is 42.6 Å². The summed E-state index contributed by atoms with van der Waals surface area (Å²) in [5, 5.41) is 3.02. The summed E-state index contributed by atoms with van der Waals surface area (Å²) >= 11 is 1.67. The summed E-state index contributed by atoms with van der Waals surface area (Å²) in [6.45, 7) is 0.958. The molecule has 3 heterocycles. The molecule has 5 rings (SSSR count). The second-order valence-corrected chi connectivity index (χ2v) is 9.96. The highest BCUT2D eigenvalue weighted by molar-refractivity contribution is 7.98. The van der Waals surface area contributed by atoms with Crippen molar-refractivity contribution in [3.63, 3.8) is 0 Å². The standard InChI is InChI=1S/C26H25F3N4O2S/c1-36-19-7-4-17(5-8-19)14-31-24(34)33-16-25(12-2-3-13-25)23-20(33)9-11-22(32-23)35-18-6-10-21(30-15-18)26(27,28)29/h4-11,15H,2-3,12-14,16H2,1H3,(H,31,34). The number of benzene rings is 1. The van der Waals surface area contributed by atoms with E-state index >= 15 is 0 Å². The fourth-order valence-electron chi connectivity index (χ4n) is 4.94. The number of ether oxygens (including phenoxy) is 1. The number of halogens is 3. The number of nitrogens with zero attached hydrogens (tertiary/aromatic N) is 3. The zero-order valence-electron chi connectivity index (χ0n) is 19.6. The second kappa shape index (κ2) is 9.65. The maximum absolute atomic E-state index is 13.2. The van der Waals surface area contributed by atoms with Gasteiger partial charge < -0.3 is 10.1 Å². The third-order valence-corrected chi connectivity index (χ3v) is 7.50. The van der Waals surface area contributed by atoms with Gasteiger partial charge >= 0.3 is 12.2 Å². The molecule has 2 aromatic heterocycles. The lowest BCUT2D eigenvalue weighted by Crippen LogP contribution is -2.41. The molecule has 1 aromatic carbocycles. The van der Waals surface area contributed by atoms with Gasteiger partial charge in [-0.2, -0.15) is 13.2 Å². The molecular weight excluding hydrogens is 489 g/mol. The third kappa shape index (κ3) is 4.86. The minimum atomic E-state index is -4.51. The van der Waals surface area contributed by atoms with Crippen molar-refractivity contribution in [2.45, 2.75) is 48.7 Å². The molecule has 2 aliphatic rings. The van der Waals surface area contributed by atoms with Crippen molar-refractivity contribution in [2.24, 2.45) is 0 Å². The monoisotopic (exact) mass is 514 g/mol. The normalized spacial score (nSPS) is 16.3. The van der Waals surface area contributed by atoms with Crippen LogP contribution in [0.25, 0.3) is 0 Å². The van der Waals surface area contributed by atoms with Crippen molar-refractivity contribution in [2.75, 3.05) is 17.7 Å². The van der Waals surface area contributed by atoms with Crippen LogP contribution >= 0.6 is 11.8 Å². The average Bonchev–Trinajstić information content (AvgIpc) is 3.48. The molecule has 0 radical (unpaired) electrons. The Bertz CT molecular complexity index is 1240. The molecule has 1 spiro atoms. The number of aromatic nitrogens is 2. The Kier molecular flexibility index (Phi) is 6.55. The largest absolute Gasteiger partial charge is 0.437 e. The summed E-state index contributed by atoms with van der Waals surface area (Å²) in [4.78, 5) is 24.3. The SMILES string of the molecule is CSc1ccc(CNC(=O)N2CC3(CCCC3)c3nc(Oc4ccc(C(F)(F)F)nc4)ccc32)cc1. The quantitative estimate of drug-likeness (QED) is 0.391. The molecule has 1 aliphatic carbocycles. The number of hydrogen-bond acceptors (Lipinski definition) is 5. The van der Waals surface area contributed by atoms with E-state index in [-0.39, 0.29) is 23.1 Å². The third-order valence-electron chi connectivity index (χ3n) is 6.76. The van der Waals surface area contributed by atoms with Crippen molar-refractivity contribution < 1.29 is 22.7 Å². The van der Waals surface area contributed by atoms with Crippen molar-refractivity contribution in [1.29, 1.82) is 0 Å². The highest BCUT2D eigenvalue weighted by atomic mass is 32.2. The summed E-state index contributed by atoms with van der Waals surface area (Å²) in [6.07, 6.45) is 2.47. The molecular formula is C26H25F3N4O2S. The van der Waals surface area contributed by atoms with Crippen molar-refractivity contribution >= 4 is 23.5 Å². The van der Waals surface area contributed by atoms with E-state index in [0.717, 1.165) is 59.8 Å². The van der Waals surface area contributed by atoms with Gasteiger partial charge in [0.1, 0.15) is 11.4 Å². The van der Waals surface area contributed by atoms with Gasteiger partial charge in [0.25, 0.3) is 0 Å². The first-order valence-electron chi connectivity index (χ1n) is 11.7. The number of pyridine rings is 2. The summed E-state index contributed by atoms with van der Waals surface area (Å²) in [5.41, 5.74) is 1.33. The molecule has 0 atom stereocenters. The molecule has 2 amide bonds. The number of alkyl halides is 3. The number of anilines is 1. The lowest BCUT2D eigenvalue weighted by molar-refractivity contribution is -0.141. The molecule has 36 heavy (non-hydrogen) atoms. The predicted octanol–water partition coefficient (Wildman–Crippen LogP) is 6.55. The van der Waals surface area contributed by atoms with E-state index in [9.17, 15) is 18.0 Å². The highest BCUT2D eigenvalue weighted by Crippen LogP contribution is 2.50. The van der Waals surface area contributed by atoms with Gasteiger partial charge in [0.05, 0.1) is 17.6 Å². The van der Waals surface area contributed by atoms with E-state index < -0.39 is 11.9 Å². The number of hydrogen-bond donors (Lipinski definition) is 1. The number of thioether (sulfide) groups is 1.